The summed E-state index contributed by atoms with van der Waals surface area (Å²) in [6.07, 6.45) is 2.95. The van der Waals surface area contributed by atoms with Crippen molar-refractivity contribution in [3.05, 3.63) is 0 Å². The molecule has 5 nitrogen and oxygen atoms in total. The molecule has 1 saturated heterocycles. The summed E-state index contributed by atoms with van der Waals surface area (Å²) in [5, 5.41) is 6.10. The lowest BCUT2D eigenvalue weighted by Gasteiger charge is -2.20. The SMILES string of the molecule is CN=C(NCCC(=O)NC(C)C)N1CCCC1. The first kappa shape index (κ1) is 13.8. The van der Waals surface area contributed by atoms with Crippen molar-refractivity contribution in [2.24, 2.45) is 4.99 Å². The number of likely N-dealkylation sites (tertiary alicyclic amines) is 1. The van der Waals surface area contributed by atoms with Crippen molar-refractivity contribution in [2.45, 2.75) is 39.2 Å². The first-order valence-corrected chi connectivity index (χ1v) is 6.38. The number of nitrogens with zero attached hydrogens (tertiary/aromatic N) is 2. The van der Waals surface area contributed by atoms with Crippen molar-refractivity contribution < 1.29 is 4.79 Å². The van der Waals surface area contributed by atoms with Gasteiger partial charge in [-0.15, -0.1) is 0 Å². The van der Waals surface area contributed by atoms with Gasteiger partial charge in [-0.3, -0.25) is 9.79 Å². The van der Waals surface area contributed by atoms with E-state index in [2.05, 4.69) is 20.5 Å². The molecule has 0 aromatic carbocycles. The zero-order valence-corrected chi connectivity index (χ0v) is 11.1. The Morgan fingerprint density at radius 1 is 1.35 bits per heavy atom. The van der Waals surface area contributed by atoms with Gasteiger partial charge in [0.1, 0.15) is 0 Å². The molecule has 0 spiro atoms. The van der Waals surface area contributed by atoms with Crippen LogP contribution in [0.3, 0.4) is 0 Å². The molecule has 0 aromatic rings. The fourth-order valence-corrected chi connectivity index (χ4v) is 1.94. The second-order valence-corrected chi connectivity index (χ2v) is 4.64. The molecule has 0 unspecified atom stereocenters. The van der Waals surface area contributed by atoms with E-state index in [0.29, 0.717) is 13.0 Å². The highest BCUT2D eigenvalue weighted by atomic mass is 16.1. The lowest BCUT2D eigenvalue weighted by atomic mass is 10.3. The number of hydrogen-bond acceptors (Lipinski definition) is 2. The third-order valence-corrected chi connectivity index (χ3v) is 2.70. The molecule has 0 atom stereocenters. The summed E-state index contributed by atoms with van der Waals surface area (Å²) in [4.78, 5) is 17.9. The Hall–Kier alpha value is -1.26. The molecule has 98 valence electrons. The van der Waals surface area contributed by atoms with Crippen LogP contribution in [0, 0.1) is 0 Å². The summed E-state index contributed by atoms with van der Waals surface area (Å²) in [7, 11) is 1.79. The Kier molecular flexibility index (Phi) is 5.80. The average molecular weight is 240 g/mol. The summed E-state index contributed by atoms with van der Waals surface area (Å²) in [5.74, 6) is 1.00. The summed E-state index contributed by atoms with van der Waals surface area (Å²) in [5.41, 5.74) is 0. The van der Waals surface area contributed by atoms with Gasteiger partial charge in [-0.2, -0.15) is 0 Å². The van der Waals surface area contributed by atoms with E-state index >= 15 is 0 Å². The Labute approximate surface area is 104 Å². The molecule has 1 fully saturated rings. The van der Waals surface area contributed by atoms with Gasteiger partial charge in [-0.1, -0.05) is 0 Å². The molecule has 5 heteroatoms. The largest absolute Gasteiger partial charge is 0.356 e. The minimum absolute atomic E-state index is 0.0874. The van der Waals surface area contributed by atoms with Crippen molar-refractivity contribution in [3.8, 4) is 0 Å². The van der Waals surface area contributed by atoms with Gasteiger partial charge in [0.2, 0.25) is 5.91 Å². The van der Waals surface area contributed by atoms with Crippen LogP contribution in [0.1, 0.15) is 33.1 Å². The maximum Gasteiger partial charge on any atom is 0.221 e. The van der Waals surface area contributed by atoms with E-state index in [-0.39, 0.29) is 11.9 Å². The zero-order chi connectivity index (χ0) is 12.7. The van der Waals surface area contributed by atoms with Crippen LogP contribution in [0.5, 0.6) is 0 Å². The maximum absolute atomic E-state index is 11.4. The quantitative estimate of drug-likeness (QED) is 0.558. The highest BCUT2D eigenvalue weighted by Gasteiger charge is 2.15. The van der Waals surface area contributed by atoms with Crippen LogP contribution in [0.4, 0.5) is 0 Å². The number of amides is 1. The zero-order valence-electron chi connectivity index (χ0n) is 11.1. The molecule has 0 aromatic heterocycles. The molecule has 0 aliphatic carbocycles. The van der Waals surface area contributed by atoms with Gasteiger partial charge in [0, 0.05) is 39.1 Å². The molecule has 1 aliphatic rings. The fraction of sp³-hybridized carbons (Fsp3) is 0.833. The molecule has 1 aliphatic heterocycles. The second-order valence-electron chi connectivity index (χ2n) is 4.64. The van der Waals surface area contributed by atoms with Crippen LogP contribution >= 0.6 is 0 Å². The number of hydrogen-bond donors (Lipinski definition) is 2. The molecule has 0 bridgehead atoms. The van der Waals surface area contributed by atoms with Crippen LogP contribution in [-0.2, 0) is 4.79 Å². The number of aliphatic imine (C=N–C) groups is 1. The smallest absolute Gasteiger partial charge is 0.221 e. The normalized spacial score (nSPS) is 16.5. The van der Waals surface area contributed by atoms with E-state index in [0.717, 1.165) is 19.0 Å². The first-order valence-electron chi connectivity index (χ1n) is 6.38. The first-order chi connectivity index (χ1) is 8.13. The number of rotatable bonds is 4. The van der Waals surface area contributed by atoms with Crippen molar-refractivity contribution in [1.82, 2.24) is 15.5 Å². The molecule has 17 heavy (non-hydrogen) atoms. The van der Waals surface area contributed by atoms with Gasteiger partial charge < -0.3 is 15.5 Å². The predicted molar refractivity (Wildman–Crippen MR) is 70.1 cm³/mol. The molecule has 2 N–H and O–H groups in total. The minimum atomic E-state index is 0.0874. The van der Waals surface area contributed by atoms with Gasteiger partial charge in [0.05, 0.1) is 0 Å². The van der Waals surface area contributed by atoms with Gasteiger partial charge in [-0.05, 0) is 26.7 Å². The Balaban J connectivity index is 2.22. The van der Waals surface area contributed by atoms with Crippen LogP contribution in [0.2, 0.25) is 0 Å². The number of carbonyl (C=O) groups is 1. The van der Waals surface area contributed by atoms with Gasteiger partial charge in [-0.25, -0.2) is 0 Å². The Morgan fingerprint density at radius 2 is 2.00 bits per heavy atom. The van der Waals surface area contributed by atoms with Crippen LogP contribution in [-0.4, -0.2) is 49.5 Å². The number of guanidine groups is 1. The summed E-state index contributed by atoms with van der Waals surface area (Å²) < 4.78 is 0. The third-order valence-electron chi connectivity index (χ3n) is 2.70. The van der Waals surface area contributed by atoms with Crippen molar-refractivity contribution in [3.63, 3.8) is 0 Å². The molecule has 0 saturated carbocycles. The fourth-order valence-electron chi connectivity index (χ4n) is 1.94. The highest BCUT2D eigenvalue weighted by Crippen LogP contribution is 2.06. The Morgan fingerprint density at radius 3 is 2.53 bits per heavy atom. The van der Waals surface area contributed by atoms with E-state index in [1.54, 1.807) is 7.05 Å². The maximum atomic E-state index is 11.4. The summed E-state index contributed by atoms with van der Waals surface area (Å²) in [6.45, 7) is 6.71. The van der Waals surface area contributed by atoms with Gasteiger partial charge >= 0.3 is 0 Å². The number of carbonyl (C=O) groups excluding carboxylic acids is 1. The van der Waals surface area contributed by atoms with E-state index in [1.807, 2.05) is 13.8 Å². The van der Waals surface area contributed by atoms with Crippen molar-refractivity contribution in [1.29, 1.82) is 0 Å². The van der Waals surface area contributed by atoms with Crippen molar-refractivity contribution in [2.75, 3.05) is 26.7 Å². The summed E-state index contributed by atoms with van der Waals surface area (Å²) in [6, 6.07) is 0.209. The molecule has 1 heterocycles. The van der Waals surface area contributed by atoms with E-state index in [4.69, 9.17) is 0 Å². The number of nitrogens with one attached hydrogen (secondary N) is 2. The van der Waals surface area contributed by atoms with Crippen LogP contribution in [0.25, 0.3) is 0 Å². The molecule has 1 amide bonds. The van der Waals surface area contributed by atoms with Gasteiger partial charge in [0.25, 0.3) is 0 Å². The lowest BCUT2D eigenvalue weighted by molar-refractivity contribution is -0.121. The van der Waals surface area contributed by atoms with Crippen LogP contribution in [0.15, 0.2) is 4.99 Å². The summed E-state index contributed by atoms with van der Waals surface area (Å²) >= 11 is 0. The van der Waals surface area contributed by atoms with Crippen LogP contribution < -0.4 is 10.6 Å². The molecule has 1 rings (SSSR count). The second kappa shape index (κ2) is 7.14. The molecule has 0 radical (unpaired) electrons. The van der Waals surface area contributed by atoms with E-state index in [1.165, 1.54) is 12.8 Å². The Bertz CT molecular complexity index is 270. The monoisotopic (exact) mass is 240 g/mol. The van der Waals surface area contributed by atoms with E-state index < -0.39 is 0 Å². The average Bonchev–Trinajstić information content (AvgIpc) is 2.76. The lowest BCUT2D eigenvalue weighted by Crippen LogP contribution is -2.41. The van der Waals surface area contributed by atoms with E-state index in [9.17, 15) is 4.79 Å². The van der Waals surface area contributed by atoms with Crippen molar-refractivity contribution >= 4 is 11.9 Å². The third kappa shape index (κ3) is 5.06. The van der Waals surface area contributed by atoms with Gasteiger partial charge in [0.15, 0.2) is 5.96 Å². The molecular weight excluding hydrogens is 216 g/mol. The standard InChI is InChI=1S/C12H24N4O/c1-10(2)15-11(17)6-7-14-12(13-3)16-8-4-5-9-16/h10H,4-9H2,1-3H3,(H,13,14)(H,15,17). The minimum Gasteiger partial charge on any atom is -0.356 e. The highest BCUT2D eigenvalue weighted by molar-refractivity contribution is 5.81. The molecular formula is C12H24N4O. The predicted octanol–water partition coefficient (Wildman–Crippen LogP) is 0.572. The topological polar surface area (TPSA) is 56.7 Å².